The van der Waals surface area contributed by atoms with Crippen molar-refractivity contribution >= 4 is 17.5 Å². The van der Waals surface area contributed by atoms with Gasteiger partial charge in [-0.3, -0.25) is 14.6 Å². The predicted molar refractivity (Wildman–Crippen MR) is 152 cm³/mol. The molecule has 0 saturated heterocycles. The van der Waals surface area contributed by atoms with Crippen LogP contribution in [0.2, 0.25) is 0 Å². The van der Waals surface area contributed by atoms with Crippen LogP contribution in [0.3, 0.4) is 0 Å². The maximum atomic E-state index is 13.0. The number of pyridine rings is 1. The number of ether oxygens (including phenoxy) is 2. The van der Waals surface area contributed by atoms with Gasteiger partial charge in [-0.2, -0.15) is 0 Å². The van der Waals surface area contributed by atoms with Crippen LogP contribution in [0.4, 0.5) is 5.69 Å². The van der Waals surface area contributed by atoms with Crippen LogP contribution in [-0.2, 0) is 11.2 Å². The highest BCUT2D eigenvalue weighted by molar-refractivity contribution is 5.95. The summed E-state index contributed by atoms with van der Waals surface area (Å²) in [4.78, 5) is 30.0. The second kappa shape index (κ2) is 14.8. The average molecular weight is 531 g/mol. The van der Waals surface area contributed by atoms with Gasteiger partial charge in [-0.25, -0.2) is 0 Å². The van der Waals surface area contributed by atoms with Gasteiger partial charge in [0.1, 0.15) is 11.5 Å². The number of benzene rings is 2. The summed E-state index contributed by atoms with van der Waals surface area (Å²) in [6.45, 7) is 1.72. The van der Waals surface area contributed by atoms with Crippen LogP contribution in [0.15, 0.2) is 73.1 Å². The Balaban J connectivity index is 1.19. The minimum atomic E-state index is -0.230. The fourth-order valence-electron chi connectivity index (χ4n) is 4.82. The standard InChI is InChI=1S/C31H38N4O4/c1-38-26-14-10-25(11-15-26)33-20-21-34-31(37)28-6-2-3-7-29(28)35-30(36)24-8-12-27(13-9-24)39-22-4-5-23-16-18-32-19-17-23/h8-19,28-29,33H,2-7,20-22H2,1H3,(H,34,37)(H,35,36)/t28-,29+/m1/s1. The maximum absolute atomic E-state index is 13.0. The Labute approximate surface area is 230 Å². The van der Waals surface area contributed by atoms with Crippen LogP contribution >= 0.6 is 0 Å². The number of amides is 2. The Hall–Kier alpha value is -4.07. The number of carbonyl (C=O) groups excluding carboxylic acids is 2. The molecular weight excluding hydrogens is 492 g/mol. The quantitative estimate of drug-likeness (QED) is 0.279. The Morgan fingerprint density at radius 2 is 1.62 bits per heavy atom. The van der Waals surface area contributed by atoms with Crippen molar-refractivity contribution in [2.24, 2.45) is 5.92 Å². The van der Waals surface area contributed by atoms with E-state index in [-0.39, 0.29) is 23.8 Å². The van der Waals surface area contributed by atoms with E-state index in [4.69, 9.17) is 9.47 Å². The molecule has 206 valence electrons. The normalized spacial score (nSPS) is 16.6. The molecule has 0 aliphatic heterocycles. The molecule has 2 amide bonds. The molecule has 4 rings (SSSR count). The first-order valence-electron chi connectivity index (χ1n) is 13.7. The second-order valence-corrected chi connectivity index (χ2v) is 9.75. The third-order valence-corrected chi connectivity index (χ3v) is 7.01. The summed E-state index contributed by atoms with van der Waals surface area (Å²) in [5.41, 5.74) is 2.77. The van der Waals surface area contributed by atoms with E-state index in [1.807, 2.05) is 48.5 Å². The fourth-order valence-corrected chi connectivity index (χ4v) is 4.82. The van der Waals surface area contributed by atoms with Crippen LogP contribution in [-0.4, -0.2) is 49.6 Å². The number of hydrogen-bond acceptors (Lipinski definition) is 6. The van der Waals surface area contributed by atoms with Gasteiger partial charge in [-0.1, -0.05) is 12.8 Å². The lowest BCUT2D eigenvalue weighted by Crippen LogP contribution is -2.49. The molecule has 2 aromatic carbocycles. The number of hydrogen-bond donors (Lipinski definition) is 3. The first-order valence-corrected chi connectivity index (χ1v) is 13.7. The van der Waals surface area contributed by atoms with E-state index in [9.17, 15) is 9.59 Å². The summed E-state index contributed by atoms with van der Waals surface area (Å²) < 4.78 is 11.0. The van der Waals surface area contributed by atoms with Gasteiger partial charge in [-0.05, 0) is 91.9 Å². The van der Waals surface area contributed by atoms with E-state index < -0.39 is 0 Å². The van der Waals surface area contributed by atoms with Crippen LogP contribution in [0, 0.1) is 5.92 Å². The van der Waals surface area contributed by atoms with Crippen molar-refractivity contribution in [3.63, 3.8) is 0 Å². The molecule has 0 spiro atoms. The molecule has 2 atom stereocenters. The minimum absolute atomic E-state index is 0.00737. The summed E-state index contributed by atoms with van der Waals surface area (Å²) in [7, 11) is 1.64. The highest BCUT2D eigenvalue weighted by Crippen LogP contribution is 2.25. The maximum Gasteiger partial charge on any atom is 0.251 e. The number of aryl methyl sites for hydroxylation is 1. The third kappa shape index (κ3) is 8.74. The van der Waals surface area contributed by atoms with Crippen molar-refractivity contribution in [3.05, 3.63) is 84.2 Å². The Morgan fingerprint density at radius 1 is 0.897 bits per heavy atom. The number of nitrogens with zero attached hydrogens (tertiary/aromatic N) is 1. The zero-order chi connectivity index (χ0) is 27.3. The first-order chi connectivity index (χ1) is 19.1. The van der Waals surface area contributed by atoms with Gasteiger partial charge in [0.2, 0.25) is 5.91 Å². The molecule has 1 aliphatic carbocycles. The fraction of sp³-hybridized carbons (Fsp3) is 0.387. The minimum Gasteiger partial charge on any atom is -0.497 e. The van der Waals surface area contributed by atoms with Crippen LogP contribution in [0.25, 0.3) is 0 Å². The van der Waals surface area contributed by atoms with Crippen molar-refractivity contribution in [1.29, 1.82) is 0 Å². The third-order valence-electron chi connectivity index (χ3n) is 7.01. The molecule has 0 unspecified atom stereocenters. The SMILES string of the molecule is COc1ccc(NCCNC(=O)[C@@H]2CCCC[C@@H]2NC(=O)c2ccc(OCCCc3ccncc3)cc2)cc1. The molecule has 0 radical (unpaired) electrons. The Kier molecular flexibility index (Phi) is 10.6. The average Bonchev–Trinajstić information content (AvgIpc) is 2.99. The Bertz CT molecular complexity index is 1170. The summed E-state index contributed by atoms with van der Waals surface area (Å²) in [6, 6.07) is 18.7. The van der Waals surface area contributed by atoms with E-state index in [1.54, 1.807) is 31.6 Å². The van der Waals surface area contributed by atoms with Gasteiger partial charge in [-0.15, -0.1) is 0 Å². The summed E-state index contributed by atoms with van der Waals surface area (Å²) in [5.74, 6) is 1.14. The largest absolute Gasteiger partial charge is 0.497 e. The molecule has 1 saturated carbocycles. The molecular formula is C31H38N4O4. The lowest BCUT2D eigenvalue weighted by molar-refractivity contribution is -0.126. The highest BCUT2D eigenvalue weighted by Gasteiger charge is 2.32. The Morgan fingerprint density at radius 3 is 2.36 bits per heavy atom. The zero-order valence-corrected chi connectivity index (χ0v) is 22.5. The van der Waals surface area contributed by atoms with Crippen LogP contribution < -0.4 is 25.4 Å². The number of anilines is 1. The molecule has 1 aromatic heterocycles. The lowest BCUT2D eigenvalue weighted by Gasteiger charge is -2.31. The van der Waals surface area contributed by atoms with Gasteiger partial charge in [0.05, 0.1) is 19.6 Å². The topological polar surface area (TPSA) is 102 Å². The van der Waals surface area contributed by atoms with Gasteiger partial charge < -0.3 is 25.4 Å². The summed E-state index contributed by atoms with van der Waals surface area (Å²) >= 11 is 0. The van der Waals surface area contributed by atoms with E-state index >= 15 is 0 Å². The molecule has 1 heterocycles. The molecule has 1 aliphatic rings. The molecule has 1 fully saturated rings. The molecule has 3 N–H and O–H groups in total. The molecule has 8 nitrogen and oxygen atoms in total. The number of rotatable bonds is 13. The van der Waals surface area contributed by atoms with Crippen LogP contribution in [0.1, 0.15) is 48.0 Å². The van der Waals surface area contributed by atoms with Crippen molar-refractivity contribution in [2.75, 3.05) is 32.1 Å². The number of aromatic nitrogens is 1. The molecule has 39 heavy (non-hydrogen) atoms. The molecule has 3 aromatic rings. The second-order valence-electron chi connectivity index (χ2n) is 9.75. The van der Waals surface area contributed by atoms with Crippen molar-refractivity contribution < 1.29 is 19.1 Å². The van der Waals surface area contributed by atoms with E-state index in [1.165, 1.54) is 5.56 Å². The zero-order valence-electron chi connectivity index (χ0n) is 22.5. The van der Waals surface area contributed by atoms with Crippen molar-refractivity contribution in [1.82, 2.24) is 15.6 Å². The first kappa shape index (κ1) is 28.0. The van der Waals surface area contributed by atoms with Gasteiger partial charge >= 0.3 is 0 Å². The lowest BCUT2D eigenvalue weighted by atomic mass is 9.83. The van der Waals surface area contributed by atoms with E-state index in [2.05, 4.69) is 20.9 Å². The van der Waals surface area contributed by atoms with E-state index in [0.717, 1.165) is 55.7 Å². The van der Waals surface area contributed by atoms with Gasteiger partial charge in [0.15, 0.2) is 0 Å². The monoisotopic (exact) mass is 530 g/mol. The molecule has 0 bridgehead atoms. The smallest absolute Gasteiger partial charge is 0.251 e. The molecule has 8 heteroatoms. The van der Waals surface area contributed by atoms with Crippen LogP contribution in [0.5, 0.6) is 11.5 Å². The number of nitrogens with one attached hydrogen (secondary N) is 3. The van der Waals surface area contributed by atoms with Gasteiger partial charge in [0.25, 0.3) is 5.91 Å². The van der Waals surface area contributed by atoms with E-state index in [0.29, 0.717) is 25.3 Å². The number of methoxy groups -OCH3 is 1. The highest BCUT2D eigenvalue weighted by atomic mass is 16.5. The number of carbonyl (C=O) groups is 2. The summed E-state index contributed by atoms with van der Waals surface area (Å²) in [6.07, 6.45) is 8.98. The predicted octanol–water partition coefficient (Wildman–Crippen LogP) is 4.62. The summed E-state index contributed by atoms with van der Waals surface area (Å²) in [5, 5.41) is 9.44. The van der Waals surface area contributed by atoms with Gasteiger partial charge in [0, 0.05) is 42.8 Å². The van der Waals surface area contributed by atoms with Crippen molar-refractivity contribution in [3.8, 4) is 11.5 Å². The van der Waals surface area contributed by atoms with Crippen molar-refractivity contribution in [2.45, 2.75) is 44.6 Å².